The summed E-state index contributed by atoms with van der Waals surface area (Å²) < 4.78 is 6.87. The first kappa shape index (κ1) is 15.3. The van der Waals surface area contributed by atoms with E-state index in [1.165, 1.54) is 23.0 Å². The molecule has 0 atom stereocenters. The molecule has 1 amide bonds. The number of ether oxygens (including phenoxy) is 1. The normalized spacial score (nSPS) is 10.3. The van der Waals surface area contributed by atoms with Crippen LogP contribution in [0.4, 0.5) is 5.82 Å². The topological polar surface area (TPSA) is 122 Å². The largest absolute Gasteiger partial charge is 0.507 e. The molecule has 0 fully saturated rings. The van der Waals surface area contributed by atoms with E-state index in [0.29, 0.717) is 17.8 Å². The Labute approximate surface area is 135 Å². The minimum Gasteiger partial charge on any atom is -0.507 e. The third kappa shape index (κ3) is 3.24. The van der Waals surface area contributed by atoms with E-state index < -0.39 is 5.91 Å². The van der Waals surface area contributed by atoms with Crippen LogP contribution >= 0.6 is 0 Å². The van der Waals surface area contributed by atoms with E-state index >= 15 is 0 Å². The summed E-state index contributed by atoms with van der Waals surface area (Å²) in [4.78, 5) is 23.0. The maximum absolute atomic E-state index is 11.8. The fourth-order valence-electron chi connectivity index (χ4n) is 2.04. The molecule has 0 saturated heterocycles. The van der Waals surface area contributed by atoms with E-state index in [0.717, 1.165) is 0 Å². The van der Waals surface area contributed by atoms with E-state index in [1.54, 1.807) is 24.5 Å². The number of phenols is 1. The highest BCUT2D eigenvalue weighted by molar-refractivity contribution is 5.91. The molecule has 0 radical (unpaired) electrons. The Balaban J connectivity index is 1.78. The van der Waals surface area contributed by atoms with Crippen LogP contribution < -0.4 is 10.1 Å². The molecule has 122 valence electrons. The number of carbonyl (C=O) groups is 2. The molecule has 2 heterocycles. The summed E-state index contributed by atoms with van der Waals surface area (Å²) in [5.74, 6) is -0.204. The zero-order valence-corrected chi connectivity index (χ0v) is 12.3. The number of aromatic hydroxyl groups is 1. The first-order valence-corrected chi connectivity index (χ1v) is 6.91. The molecule has 3 N–H and O–H groups in total. The Morgan fingerprint density at radius 1 is 1.42 bits per heavy atom. The number of amides is 1. The summed E-state index contributed by atoms with van der Waals surface area (Å²) in [6.45, 7) is -0.345. The smallest absolute Gasteiger partial charge is 0.263 e. The predicted octanol–water partition coefficient (Wildman–Crippen LogP) is 1.13. The zero-order chi connectivity index (χ0) is 16.9. The molecule has 9 heteroatoms. The van der Waals surface area contributed by atoms with Gasteiger partial charge < -0.3 is 15.2 Å². The number of anilines is 1. The number of benzene rings is 1. The van der Waals surface area contributed by atoms with Crippen LogP contribution in [0.3, 0.4) is 0 Å². The summed E-state index contributed by atoms with van der Waals surface area (Å²) in [6, 6.07) is 6.19. The minimum atomic E-state index is -0.444. The van der Waals surface area contributed by atoms with Crippen molar-refractivity contribution < 1.29 is 19.4 Å². The van der Waals surface area contributed by atoms with Crippen molar-refractivity contribution in [1.29, 1.82) is 0 Å². The van der Waals surface area contributed by atoms with Gasteiger partial charge in [0.1, 0.15) is 17.3 Å². The van der Waals surface area contributed by atoms with Crippen molar-refractivity contribution in [2.24, 2.45) is 0 Å². The van der Waals surface area contributed by atoms with Crippen LogP contribution in [0.2, 0.25) is 0 Å². The van der Waals surface area contributed by atoms with Crippen LogP contribution in [0.5, 0.6) is 11.5 Å². The highest BCUT2D eigenvalue weighted by Crippen LogP contribution is 2.29. The molecular formula is C15H13N5O4. The lowest BCUT2D eigenvalue weighted by atomic mass is 10.1. The molecule has 0 saturated carbocycles. The standard InChI is InChI=1S/C15H13N5O4/c21-8-11-12(22)6-10(20-5-1-3-17-20)7-13(11)24-9-15(23)18-14-2-4-16-19-14/h1-8,22H,9H2,(H2,16,18,19,23). The molecule has 0 aliphatic rings. The second kappa shape index (κ2) is 6.65. The molecule has 0 bridgehead atoms. The van der Waals surface area contributed by atoms with Crippen molar-refractivity contribution in [3.63, 3.8) is 0 Å². The summed E-state index contributed by atoms with van der Waals surface area (Å²) >= 11 is 0. The maximum Gasteiger partial charge on any atom is 0.263 e. The minimum absolute atomic E-state index is 0.0414. The predicted molar refractivity (Wildman–Crippen MR) is 83.3 cm³/mol. The molecular weight excluding hydrogens is 314 g/mol. The van der Waals surface area contributed by atoms with E-state index in [2.05, 4.69) is 20.6 Å². The van der Waals surface area contributed by atoms with Gasteiger partial charge in [0.15, 0.2) is 12.9 Å². The van der Waals surface area contributed by atoms with E-state index in [1.807, 2.05) is 0 Å². The maximum atomic E-state index is 11.8. The average molecular weight is 327 g/mol. The molecule has 1 aromatic carbocycles. The number of rotatable bonds is 6. The highest BCUT2D eigenvalue weighted by Gasteiger charge is 2.14. The lowest BCUT2D eigenvalue weighted by molar-refractivity contribution is -0.118. The number of nitrogens with one attached hydrogen (secondary N) is 2. The third-order valence-electron chi connectivity index (χ3n) is 3.13. The van der Waals surface area contributed by atoms with Crippen LogP contribution in [-0.4, -0.2) is 43.9 Å². The summed E-state index contributed by atoms with van der Waals surface area (Å²) in [7, 11) is 0. The summed E-state index contributed by atoms with van der Waals surface area (Å²) in [5, 5.41) is 22.8. The van der Waals surface area contributed by atoms with Crippen molar-refractivity contribution >= 4 is 18.0 Å². The van der Waals surface area contributed by atoms with Crippen molar-refractivity contribution in [1.82, 2.24) is 20.0 Å². The average Bonchev–Trinajstić information content (AvgIpc) is 3.26. The van der Waals surface area contributed by atoms with E-state index in [-0.39, 0.29) is 23.7 Å². The molecule has 0 spiro atoms. The first-order chi connectivity index (χ1) is 11.7. The second-order valence-electron chi connectivity index (χ2n) is 4.75. The molecule has 0 aliphatic carbocycles. The number of phenolic OH excluding ortho intramolecular Hbond substituents is 1. The number of aromatic nitrogens is 4. The van der Waals surface area contributed by atoms with Crippen LogP contribution in [0.15, 0.2) is 42.9 Å². The van der Waals surface area contributed by atoms with E-state index in [4.69, 9.17) is 4.74 Å². The Hall–Kier alpha value is -3.62. The summed E-state index contributed by atoms with van der Waals surface area (Å²) in [5.41, 5.74) is 0.451. The molecule has 0 unspecified atom stereocenters. The fourth-order valence-corrected chi connectivity index (χ4v) is 2.04. The van der Waals surface area contributed by atoms with E-state index in [9.17, 15) is 14.7 Å². The SMILES string of the molecule is O=Cc1c(O)cc(-n2cccn2)cc1OCC(=O)Nc1ccn[nH]1. The lowest BCUT2D eigenvalue weighted by Crippen LogP contribution is -2.20. The molecule has 3 rings (SSSR count). The van der Waals surface area contributed by atoms with Gasteiger partial charge in [-0.15, -0.1) is 0 Å². The van der Waals surface area contributed by atoms with Gasteiger partial charge in [-0.1, -0.05) is 0 Å². The van der Waals surface area contributed by atoms with Crippen LogP contribution in [0.1, 0.15) is 10.4 Å². The quantitative estimate of drug-likeness (QED) is 0.583. The number of hydrogen-bond donors (Lipinski definition) is 3. The lowest BCUT2D eigenvalue weighted by Gasteiger charge is -2.12. The van der Waals surface area contributed by atoms with Crippen molar-refractivity contribution in [2.75, 3.05) is 11.9 Å². The number of carbonyl (C=O) groups excluding carboxylic acids is 2. The zero-order valence-electron chi connectivity index (χ0n) is 12.3. The van der Waals surface area contributed by atoms with Gasteiger partial charge in [0.25, 0.3) is 5.91 Å². The second-order valence-corrected chi connectivity index (χ2v) is 4.75. The molecule has 24 heavy (non-hydrogen) atoms. The van der Waals surface area contributed by atoms with Gasteiger partial charge in [0, 0.05) is 30.6 Å². The van der Waals surface area contributed by atoms with Gasteiger partial charge in [-0.25, -0.2) is 4.68 Å². The summed E-state index contributed by atoms with van der Waals surface area (Å²) in [6.07, 6.45) is 5.20. The van der Waals surface area contributed by atoms with Gasteiger partial charge in [-0.2, -0.15) is 10.2 Å². The van der Waals surface area contributed by atoms with Crippen molar-refractivity contribution in [3.05, 3.63) is 48.4 Å². The Morgan fingerprint density at radius 2 is 2.29 bits per heavy atom. The molecule has 2 aromatic heterocycles. The monoisotopic (exact) mass is 327 g/mol. The molecule has 0 aliphatic heterocycles. The Kier molecular flexibility index (Phi) is 4.23. The van der Waals surface area contributed by atoms with Gasteiger partial charge in [0.05, 0.1) is 17.4 Å². The van der Waals surface area contributed by atoms with Gasteiger partial charge in [0.2, 0.25) is 0 Å². The highest BCUT2D eigenvalue weighted by atomic mass is 16.5. The van der Waals surface area contributed by atoms with Crippen molar-refractivity contribution in [2.45, 2.75) is 0 Å². The number of hydrogen-bond acceptors (Lipinski definition) is 6. The van der Waals surface area contributed by atoms with Gasteiger partial charge >= 0.3 is 0 Å². The van der Waals surface area contributed by atoms with Gasteiger partial charge in [-0.05, 0) is 6.07 Å². The van der Waals surface area contributed by atoms with Gasteiger partial charge in [-0.3, -0.25) is 14.7 Å². The molecule has 9 nitrogen and oxygen atoms in total. The third-order valence-corrected chi connectivity index (χ3v) is 3.13. The Morgan fingerprint density at radius 3 is 2.96 bits per heavy atom. The van der Waals surface area contributed by atoms with Crippen molar-refractivity contribution in [3.8, 4) is 17.2 Å². The molecule has 3 aromatic rings. The number of H-pyrrole nitrogens is 1. The van der Waals surface area contributed by atoms with Crippen LogP contribution in [0.25, 0.3) is 5.69 Å². The number of aldehydes is 1. The van der Waals surface area contributed by atoms with Crippen LogP contribution in [-0.2, 0) is 4.79 Å². The Bertz CT molecular complexity index is 843. The van der Waals surface area contributed by atoms with Crippen LogP contribution in [0, 0.1) is 0 Å². The number of aromatic amines is 1. The number of nitrogens with zero attached hydrogens (tertiary/aromatic N) is 3. The fraction of sp³-hybridized carbons (Fsp3) is 0.0667. The first-order valence-electron chi connectivity index (χ1n) is 6.91.